The molecule has 2 heteroatoms. The normalized spacial score (nSPS) is 9.94. The van der Waals surface area contributed by atoms with Gasteiger partial charge in [-0.1, -0.05) is 54.6 Å². The third-order valence-electron chi connectivity index (χ3n) is 2.56. The van der Waals surface area contributed by atoms with E-state index in [4.69, 9.17) is 0 Å². The monoisotopic (exact) mass is 224 g/mol. The van der Waals surface area contributed by atoms with Gasteiger partial charge >= 0.3 is 0 Å². The molecule has 17 heavy (non-hydrogen) atoms. The fourth-order valence-corrected chi connectivity index (χ4v) is 1.63. The van der Waals surface area contributed by atoms with E-state index >= 15 is 0 Å². The predicted octanol–water partition coefficient (Wildman–Crippen LogP) is 2.65. The van der Waals surface area contributed by atoms with Crippen molar-refractivity contribution in [2.75, 3.05) is 7.05 Å². The second-order valence-electron chi connectivity index (χ2n) is 3.75. The summed E-state index contributed by atoms with van der Waals surface area (Å²) in [4.78, 5) is 11.2. The van der Waals surface area contributed by atoms with Crippen LogP contribution in [0, 0.1) is 6.42 Å². The van der Waals surface area contributed by atoms with Gasteiger partial charge in [-0.25, -0.2) is 0 Å². The minimum absolute atomic E-state index is 0.0857. The van der Waals surface area contributed by atoms with Crippen LogP contribution in [-0.4, -0.2) is 13.0 Å². The largest absolute Gasteiger partial charge is 0.359 e. The highest BCUT2D eigenvalue weighted by atomic mass is 16.1. The van der Waals surface area contributed by atoms with Crippen LogP contribution in [0.4, 0.5) is 0 Å². The van der Waals surface area contributed by atoms with Gasteiger partial charge in [0.05, 0.1) is 6.42 Å². The molecule has 2 nitrogen and oxygen atoms in total. The molecule has 0 aliphatic rings. The third-order valence-corrected chi connectivity index (χ3v) is 2.56. The summed E-state index contributed by atoms with van der Waals surface area (Å²) in [6.45, 7) is 0. The molecular weight excluding hydrogens is 210 g/mol. The van der Waals surface area contributed by atoms with Crippen molar-refractivity contribution < 1.29 is 4.79 Å². The fourth-order valence-electron chi connectivity index (χ4n) is 1.63. The lowest BCUT2D eigenvalue weighted by atomic mass is 10.0. The summed E-state index contributed by atoms with van der Waals surface area (Å²) in [5.41, 5.74) is 3.24. The molecule has 0 bridgehead atoms. The number of hydrogen-bond acceptors (Lipinski definition) is 1. The second-order valence-corrected chi connectivity index (χ2v) is 3.75. The number of likely N-dealkylation sites (N-methyl/N-ethyl adjacent to an activating group) is 1. The van der Waals surface area contributed by atoms with E-state index in [1.165, 1.54) is 5.56 Å². The Kier molecular flexibility index (Phi) is 3.55. The van der Waals surface area contributed by atoms with Gasteiger partial charge in [0.15, 0.2) is 0 Å². The van der Waals surface area contributed by atoms with Crippen molar-refractivity contribution in [3.05, 3.63) is 66.6 Å². The molecule has 85 valence electrons. The standard InChI is InChI=1S/C15H14NO/c1-16-15(17)11-12-7-9-14(10-8-12)13-5-3-2-4-6-13/h2-11H,1H3,(H,16,17). The first-order chi connectivity index (χ1) is 8.29. The third kappa shape index (κ3) is 2.94. The smallest absolute Gasteiger partial charge is 0.228 e. The van der Waals surface area contributed by atoms with Crippen molar-refractivity contribution in [3.8, 4) is 11.1 Å². The first kappa shape index (κ1) is 11.4. The Hall–Kier alpha value is -2.09. The zero-order valence-corrected chi connectivity index (χ0v) is 9.68. The van der Waals surface area contributed by atoms with Crippen LogP contribution >= 0.6 is 0 Å². The summed E-state index contributed by atoms with van der Waals surface area (Å²) < 4.78 is 0. The highest BCUT2D eigenvalue weighted by molar-refractivity contribution is 5.88. The van der Waals surface area contributed by atoms with Crippen LogP contribution in [-0.2, 0) is 4.79 Å². The van der Waals surface area contributed by atoms with Crippen molar-refractivity contribution in [2.24, 2.45) is 0 Å². The van der Waals surface area contributed by atoms with Crippen LogP contribution in [0.3, 0.4) is 0 Å². The zero-order valence-electron chi connectivity index (χ0n) is 9.68. The molecule has 0 aliphatic heterocycles. The van der Waals surface area contributed by atoms with Crippen molar-refractivity contribution in [2.45, 2.75) is 0 Å². The van der Waals surface area contributed by atoms with Crippen LogP contribution in [0.15, 0.2) is 54.6 Å². The maximum atomic E-state index is 11.2. The second kappa shape index (κ2) is 5.30. The van der Waals surface area contributed by atoms with Gasteiger partial charge < -0.3 is 5.32 Å². The number of rotatable bonds is 3. The van der Waals surface area contributed by atoms with Crippen molar-refractivity contribution in [1.82, 2.24) is 5.32 Å². The molecule has 0 heterocycles. The van der Waals surface area contributed by atoms with Crippen molar-refractivity contribution in [3.63, 3.8) is 0 Å². The topological polar surface area (TPSA) is 29.1 Å². The number of carbonyl (C=O) groups is 1. The number of nitrogens with one attached hydrogen (secondary N) is 1. The highest BCUT2D eigenvalue weighted by Crippen LogP contribution is 2.19. The zero-order chi connectivity index (χ0) is 12.1. The Morgan fingerprint density at radius 1 is 0.941 bits per heavy atom. The van der Waals surface area contributed by atoms with E-state index < -0.39 is 0 Å². The molecule has 1 amide bonds. The van der Waals surface area contributed by atoms with Crippen LogP contribution in [0.25, 0.3) is 11.1 Å². The summed E-state index contributed by atoms with van der Waals surface area (Å²) in [6, 6.07) is 18.1. The van der Waals surface area contributed by atoms with Crippen molar-refractivity contribution >= 4 is 5.91 Å². The molecule has 0 spiro atoms. The maximum absolute atomic E-state index is 11.2. The lowest BCUT2D eigenvalue weighted by Gasteiger charge is -2.03. The minimum atomic E-state index is -0.0857. The molecule has 1 radical (unpaired) electrons. The Labute approximate surface area is 101 Å². The first-order valence-corrected chi connectivity index (χ1v) is 5.51. The van der Waals surface area contributed by atoms with E-state index in [-0.39, 0.29) is 5.91 Å². The number of carbonyl (C=O) groups excluding carboxylic acids is 1. The molecular formula is C15H14NO. The molecule has 2 aromatic carbocycles. The molecule has 0 aliphatic carbocycles. The van der Waals surface area contributed by atoms with Gasteiger partial charge in [-0.05, 0) is 16.7 Å². The lowest BCUT2D eigenvalue weighted by Crippen LogP contribution is -2.18. The lowest BCUT2D eigenvalue weighted by molar-refractivity contribution is -0.117. The quantitative estimate of drug-likeness (QED) is 0.853. The summed E-state index contributed by atoms with van der Waals surface area (Å²) in [5.74, 6) is -0.0857. The van der Waals surface area contributed by atoms with Crippen LogP contribution in [0.5, 0.6) is 0 Å². The van der Waals surface area contributed by atoms with Crippen molar-refractivity contribution in [1.29, 1.82) is 0 Å². The van der Waals surface area contributed by atoms with E-state index in [0.717, 1.165) is 11.1 Å². The van der Waals surface area contributed by atoms with Gasteiger partial charge in [-0.15, -0.1) is 0 Å². The fraction of sp³-hybridized carbons (Fsp3) is 0.0667. The number of hydrogen-bond donors (Lipinski definition) is 1. The molecule has 0 aromatic heterocycles. The Bertz CT molecular complexity index is 488. The SMILES string of the molecule is CNC(=O)[CH]c1ccc(-c2ccccc2)cc1. The number of amides is 1. The Balaban J connectivity index is 2.16. The molecule has 0 saturated carbocycles. The van der Waals surface area contributed by atoms with Crippen LogP contribution in [0.1, 0.15) is 5.56 Å². The molecule has 0 saturated heterocycles. The predicted molar refractivity (Wildman–Crippen MR) is 69.3 cm³/mol. The van der Waals surface area contributed by atoms with E-state index in [1.54, 1.807) is 13.5 Å². The van der Waals surface area contributed by atoms with Gasteiger partial charge in [0.1, 0.15) is 0 Å². The Morgan fingerprint density at radius 3 is 2.12 bits per heavy atom. The molecule has 0 atom stereocenters. The average Bonchev–Trinajstić information content (AvgIpc) is 2.40. The molecule has 1 N–H and O–H groups in total. The van der Waals surface area contributed by atoms with E-state index in [9.17, 15) is 4.79 Å². The summed E-state index contributed by atoms with van der Waals surface area (Å²) >= 11 is 0. The first-order valence-electron chi connectivity index (χ1n) is 5.51. The number of benzene rings is 2. The van der Waals surface area contributed by atoms with E-state index in [0.29, 0.717) is 0 Å². The summed E-state index contributed by atoms with van der Waals surface area (Å²) in [7, 11) is 1.62. The van der Waals surface area contributed by atoms with E-state index in [2.05, 4.69) is 17.4 Å². The maximum Gasteiger partial charge on any atom is 0.228 e. The van der Waals surface area contributed by atoms with Crippen LogP contribution in [0.2, 0.25) is 0 Å². The van der Waals surface area contributed by atoms with Gasteiger partial charge in [-0.3, -0.25) is 4.79 Å². The molecule has 2 rings (SSSR count). The molecule has 2 aromatic rings. The van der Waals surface area contributed by atoms with Gasteiger partial charge in [0.25, 0.3) is 0 Å². The highest BCUT2D eigenvalue weighted by Gasteiger charge is 2.02. The minimum Gasteiger partial charge on any atom is -0.359 e. The van der Waals surface area contributed by atoms with Gasteiger partial charge in [0, 0.05) is 7.05 Å². The van der Waals surface area contributed by atoms with Gasteiger partial charge in [0.2, 0.25) is 5.91 Å². The molecule has 0 fully saturated rings. The summed E-state index contributed by atoms with van der Waals surface area (Å²) in [6.07, 6.45) is 1.58. The van der Waals surface area contributed by atoms with E-state index in [1.807, 2.05) is 42.5 Å². The molecule has 0 unspecified atom stereocenters. The Morgan fingerprint density at radius 2 is 1.53 bits per heavy atom. The van der Waals surface area contributed by atoms with Gasteiger partial charge in [-0.2, -0.15) is 0 Å². The average molecular weight is 224 g/mol. The van der Waals surface area contributed by atoms with Crippen LogP contribution < -0.4 is 5.32 Å². The summed E-state index contributed by atoms with van der Waals surface area (Å²) in [5, 5.41) is 2.57.